The highest BCUT2D eigenvalue weighted by Crippen LogP contribution is 2.14. The number of ether oxygens (including phenoxy) is 2. The van der Waals surface area contributed by atoms with E-state index in [0.717, 1.165) is 4.90 Å². The number of amides is 2. The quantitative estimate of drug-likeness (QED) is 0.513. The molecule has 32 heavy (non-hydrogen) atoms. The first-order chi connectivity index (χ1) is 15.4. The van der Waals surface area contributed by atoms with Crippen LogP contribution < -0.4 is 10.1 Å². The van der Waals surface area contributed by atoms with Crippen LogP contribution in [-0.2, 0) is 20.9 Å². The number of carbonyl (C=O) groups excluding carboxylic acids is 3. The molecular formula is C23H21FN2O6. The molecule has 0 bridgehead atoms. The van der Waals surface area contributed by atoms with Crippen molar-refractivity contribution in [1.82, 2.24) is 4.90 Å². The molecule has 3 rings (SSSR count). The van der Waals surface area contributed by atoms with Crippen molar-refractivity contribution in [3.8, 4) is 5.75 Å². The Morgan fingerprint density at radius 2 is 1.72 bits per heavy atom. The summed E-state index contributed by atoms with van der Waals surface area (Å²) in [6.45, 7) is -0.701. The van der Waals surface area contributed by atoms with Crippen molar-refractivity contribution < 1.29 is 32.7 Å². The Kier molecular flexibility index (Phi) is 7.58. The standard InChI is InChI=1S/C23H21FN2O6/c1-26(13-21(27)25-17-9-7-16(24)8-10-17)22(28)15-31-23(29)20-12-11-19(32-20)14-30-18-5-3-2-4-6-18/h2-12H,13-15H2,1H3,(H,25,27). The van der Waals surface area contributed by atoms with Crippen LogP contribution in [0.25, 0.3) is 0 Å². The topological polar surface area (TPSA) is 98.1 Å². The first kappa shape index (κ1) is 22.5. The zero-order valence-corrected chi connectivity index (χ0v) is 17.2. The first-order valence-electron chi connectivity index (χ1n) is 9.64. The molecule has 0 unspecified atom stereocenters. The summed E-state index contributed by atoms with van der Waals surface area (Å²) in [5, 5.41) is 2.54. The number of nitrogens with one attached hydrogen (secondary N) is 1. The highest BCUT2D eigenvalue weighted by atomic mass is 19.1. The fourth-order valence-corrected chi connectivity index (χ4v) is 2.58. The summed E-state index contributed by atoms with van der Waals surface area (Å²) in [5.74, 6) is -1.29. The number of carbonyl (C=O) groups is 3. The normalized spacial score (nSPS) is 10.3. The average Bonchev–Trinajstić information content (AvgIpc) is 3.27. The van der Waals surface area contributed by atoms with Crippen LogP contribution in [0.5, 0.6) is 5.75 Å². The molecule has 1 aromatic heterocycles. The fourth-order valence-electron chi connectivity index (χ4n) is 2.58. The van der Waals surface area contributed by atoms with E-state index in [0.29, 0.717) is 17.2 Å². The number of rotatable bonds is 9. The van der Waals surface area contributed by atoms with Crippen LogP contribution in [0.1, 0.15) is 16.3 Å². The maximum Gasteiger partial charge on any atom is 0.374 e. The number of likely N-dealkylation sites (N-methyl/N-ethyl adjacent to an activating group) is 1. The molecule has 0 saturated heterocycles. The van der Waals surface area contributed by atoms with Crippen LogP contribution >= 0.6 is 0 Å². The molecule has 1 N–H and O–H groups in total. The maximum absolute atomic E-state index is 12.9. The molecule has 0 aliphatic carbocycles. The number of furan rings is 1. The van der Waals surface area contributed by atoms with Crippen LogP contribution in [0.4, 0.5) is 10.1 Å². The second-order valence-corrected chi connectivity index (χ2v) is 6.75. The second kappa shape index (κ2) is 10.8. The molecule has 0 saturated carbocycles. The summed E-state index contributed by atoms with van der Waals surface area (Å²) in [4.78, 5) is 37.4. The van der Waals surface area contributed by atoms with Gasteiger partial charge in [0.2, 0.25) is 11.7 Å². The van der Waals surface area contributed by atoms with E-state index in [4.69, 9.17) is 13.9 Å². The van der Waals surface area contributed by atoms with Gasteiger partial charge in [0, 0.05) is 12.7 Å². The van der Waals surface area contributed by atoms with Gasteiger partial charge in [-0.3, -0.25) is 9.59 Å². The molecule has 0 fully saturated rings. The van der Waals surface area contributed by atoms with Gasteiger partial charge in [0.05, 0.1) is 6.54 Å². The summed E-state index contributed by atoms with van der Waals surface area (Å²) in [7, 11) is 1.40. The van der Waals surface area contributed by atoms with Gasteiger partial charge in [0.15, 0.2) is 6.61 Å². The molecule has 0 aliphatic heterocycles. The number of benzene rings is 2. The van der Waals surface area contributed by atoms with Gasteiger partial charge in [-0.15, -0.1) is 0 Å². The molecule has 2 amide bonds. The number of hydrogen-bond donors (Lipinski definition) is 1. The number of halogens is 1. The number of nitrogens with zero attached hydrogens (tertiary/aromatic N) is 1. The van der Waals surface area contributed by atoms with Crippen molar-refractivity contribution in [2.24, 2.45) is 0 Å². The van der Waals surface area contributed by atoms with Crippen LogP contribution in [-0.4, -0.2) is 42.9 Å². The van der Waals surface area contributed by atoms with E-state index in [-0.39, 0.29) is 18.9 Å². The summed E-state index contributed by atoms with van der Waals surface area (Å²) >= 11 is 0. The van der Waals surface area contributed by atoms with Crippen LogP contribution in [0.2, 0.25) is 0 Å². The Balaban J connectivity index is 1.41. The van der Waals surface area contributed by atoms with Gasteiger partial charge in [-0.1, -0.05) is 18.2 Å². The van der Waals surface area contributed by atoms with E-state index in [1.165, 1.54) is 37.4 Å². The molecule has 2 aromatic carbocycles. The van der Waals surface area contributed by atoms with Gasteiger partial charge in [0.1, 0.15) is 23.9 Å². The van der Waals surface area contributed by atoms with Crippen LogP contribution in [0.15, 0.2) is 71.1 Å². The summed E-state index contributed by atoms with van der Waals surface area (Å²) in [6, 6.07) is 17.3. The fraction of sp³-hybridized carbons (Fsp3) is 0.174. The zero-order chi connectivity index (χ0) is 22.9. The van der Waals surface area contributed by atoms with Gasteiger partial charge >= 0.3 is 5.97 Å². The van der Waals surface area contributed by atoms with E-state index in [1.807, 2.05) is 18.2 Å². The van der Waals surface area contributed by atoms with E-state index >= 15 is 0 Å². The van der Waals surface area contributed by atoms with E-state index in [2.05, 4.69) is 5.32 Å². The lowest BCUT2D eigenvalue weighted by atomic mass is 10.3. The zero-order valence-electron chi connectivity index (χ0n) is 17.2. The summed E-state index contributed by atoms with van der Waals surface area (Å²) in [5.41, 5.74) is 0.397. The number of anilines is 1. The molecule has 0 atom stereocenters. The molecule has 0 spiro atoms. The Morgan fingerprint density at radius 1 is 1.00 bits per heavy atom. The van der Waals surface area contributed by atoms with Crippen molar-refractivity contribution in [3.63, 3.8) is 0 Å². The molecule has 1 heterocycles. The van der Waals surface area contributed by atoms with Crippen molar-refractivity contribution in [1.29, 1.82) is 0 Å². The minimum absolute atomic E-state index is 0.0684. The van der Waals surface area contributed by atoms with E-state index < -0.39 is 30.2 Å². The maximum atomic E-state index is 12.9. The lowest BCUT2D eigenvalue weighted by Gasteiger charge is -2.16. The minimum Gasteiger partial charge on any atom is -0.486 e. The van der Waals surface area contributed by atoms with Crippen molar-refractivity contribution in [2.75, 3.05) is 25.5 Å². The van der Waals surface area contributed by atoms with E-state index in [9.17, 15) is 18.8 Å². The lowest BCUT2D eigenvalue weighted by molar-refractivity contribution is -0.136. The molecular weight excluding hydrogens is 419 g/mol. The monoisotopic (exact) mass is 440 g/mol. The predicted octanol–water partition coefficient (Wildman–Crippen LogP) is 3.25. The predicted molar refractivity (Wildman–Crippen MR) is 112 cm³/mol. The first-order valence-corrected chi connectivity index (χ1v) is 9.64. The van der Waals surface area contributed by atoms with Gasteiger partial charge in [-0.2, -0.15) is 0 Å². The SMILES string of the molecule is CN(CC(=O)Nc1ccc(F)cc1)C(=O)COC(=O)c1ccc(COc2ccccc2)o1. The van der Waals surface area contributed by atoms with Crippen molar-refractivity contribution in [2.45, 2.75) is 6.61 Å². The molecule has 0 radical (unpaired) electrons. The molecule has 0 aliphatic rings. The average molecular weight is 440 g/mol. The lowest BCUT2D eigenvalue weighted by Crippen LogP contribution is -2.37. The molecule has 166 valence electrons. The third-order valence-electron chi connectivity index (χ3n) is 4.25. The Hall–Kier alpha value is -4.14. The Bertz CT molecular complexity index is 1070. The molecule has 8 nitrogen and oxygen atoms in total. The van der Waals surface area contributed by atoms with Crippen molar-refractivity contribution >= 4 is 23.5 Å². The van der Waals surface area contributed by atoms with Gasteiger partial charge in [0.25, 0.3) is 5.91 Å². The number of para-hydroxylation sites is 1. The van der Waals surface area contributed by atoms with Crippen LogP contribution in [0.3, 0.4) is 0 Å². The molecule has 9 heteroatoms. The number of esters is 1. The van der Waals surface area contributed by atoms with E-state index in [1.54, 1.807) is 18.2 Å². The van der Waals surface area contributed by atoms with Gasteiger partial charge in [-0.05, 0) is 48.5 Å². The highest BCUT2D eigenvalue weighted by Gasteiger charge is 2.18. The summed E-state index contributed by atoms with van der Waals surface area (Å²) < 4.78 is 28.8. The van der Waals surface area contributed by atoms with Gasteiger partial charge in [-0.25, -0.2) is 9.18 Å². The highest BCUT2D eigenvalue weighted by molar-refractivity contribution is 5.95. The van der Waals surface area contributed by atoms with Crippen molar-refractivity contribution in [3.05, 3.63) is 84.1 Å². The molecule has 3 aromatic rings. The van der Waals surface area contributed by atoms with Gasteiger partial charge < -0.3 is 24.1 Å². The van der Waals surface area contributed by atoms with Crippen LogP contribution in [0, 0.1) is 5.82 Å². The third-order valence-corrected chi connectivity index (χ3v) is 4.25. The minimum atomic E-state index is -0.812. The second-order valence-electron chi connectivity index (χ2n) is 6.75. The smallest absolute Gasteiger partial charge is 0.374 e. The Morgan fingerprint density at radius 3 is 2.44 bits per heavy atom. The summed E-state index contributed by atoms with van der Waals surface area (Å²) in [6.07, 6.45) is 0. The third kappa shape index (κ3) is 6.69. The number of hydrogen-bond acceptors (Lipinski definition) is 6. The Labute approximate surface area is 183 Å². The largest absolute Gasteiger partial charge is 0.486 e.